The van der Waals surface area contributed by atoms with Crippen molar-refractivity contribution in [3.05, 3.63) is 0 Å². The number of carbonyl (C=O) groups excluding carboxylic acids is 1. The maximum atomic E-state index is 11.2. The molecule has 0 saturated carbocycles. The summed E-state index contributed by atoms with van der Waals surface area (Å²) in [5.41, 5.74) is -0.290. The minimum Gasteiger partial charge on any atom is -0.435 e. The van der Waals surface area contributed by atoms with E-state index in [4.69, 9.17) is 9.47 Å². The molecule has 15 heavy (non-hydrogen) atoms. The van der Waals surface area contributed by atoms with E-state index in [0.29, 0.717) is 6.61 Å². The van der Waals surface area contributed by atoms with Gasteiger partial charge < -0.3 is 9.47 Å². The van der Waals surface area contributed by atoms with Crippen LogP contribution in [0.1, 0.15) is 54.4 Å². The highest BCUT2D eigenvalue weighted by molar-refractivity contribution is 5.60. The highest BCUT2D eigenvalue weighted by Crippen LogP contribution is 2.32. The Labute approximate surface area is 93.1 Å². The molecule has 0 radical (unpaired) electrons. The molecule has 0 aliphatic carbocycles. The zero-order valence-corrected chi connectivity index (χ0v) is 10.8. The number of rotatable bonds is 5. The summed E-state index contributed by atoms with van der Waals surface area (Å²) in [6.07, 6.45) is 1.31. The molecule has 0 aliphatic rings. The molecule has 90 valence electrons. The molecule has 0 aromatic rings. The Morgan fingerprint density at radius 2 is 1.67 bits per heavy atom. The second kappa shape index (κ2) is 5.38. The Morgan fingerprint density at radius 1 is 1.13 bits per heavy atom. The molecule has 3 heteroatoms. The topological polar surface area (TPSA) is 35.5 Å². The van der Waals surface area contributed by atoms with Crippen LogP contribution in [0, 0.1) is 5.41 Å². The van der Waals surface area contributed by atoms with E-state index < -0.39 is 11.8 Å². The van der Waals surface area contributed by atoms with Crippen LogP contribution in [-0.2, 0) is 9.47 Å². The SMILES string of the molecule is CCOC(=O)OC(C)(C)CC(C)(C)CC. The maximum Gasteiger partial charge on any atom is 0.508 e. The minimum absolute atomic E-state index is 0.177. The molecular formula is C12H24O3. The van der Waals surface area contributed by atoms with Crippen molar-refractivity contribution in [3.8, 4) is 0 Å². The Hall–Kier alpha value is -0.730. The lowest BCUT2D eigenvalue weighted by atomic mass is 9.80. The molecule has 0 heterocycles. The van der Waals surface area contributed by atoms with Gasteiger partial charge in [-0.15, -0.1) is 0 Å². The number of hydrogen-bond donors (Lipinski definition) is 0. The summed E-state index contributed by atoms with van der Waals surface area (Å²) < 4.78 is 10.0. The molecule has 0 aromatic heterocycles. The van der Waals surface area contributed by atoms with Gasteiger partial charge in [-0.2, -0.15) is 0 Å². The average molecular weight is 216 g/mol. The molecule has 0 rings (SSSR count). The fourth-order valence-electron chi connectivity index (χ4n) is 1.69. The van der Waals surface area contributed by atoms with Crippen molar-refractivity contribution in [2.45, 2.75) is 60.0 Å². The van der Waals surface area contributed by atoms with Gasteiger partial charge in [-0.05, 0) is 32.6 Å². The van der Waals surface area contributed by atoms with Gasteiger partial charge in [0.15, 0.2) is 0 Å². The maximum absolute atomic E-state index is 11.2. The van der Waals surface area contributed by atoms with Gasteiger partial charge in [-0.1, -0.05) is 27.2 Å². The lowest BCUT2D eigenvalue weighted by Gasteiger charge is -2.33. The van der Waals surface area contributed by atoms with Gasteiger partial charge in [0.05, 0.1) is 6.61 Å². The van der Waals surface area contributed by atoms with Crippen molar-refractivity contribution in [3.63, 3.8) is 0 Å². The lowest BCUT2D eigenvalue weighted by molar-refractivity contribution is -0.0352. The monoisotopic (exact) mass is 216 g/mol. The minimum atomic E-state index is -0.575. The predicted molar refractivity (Wildman–Crippen MR) is 60.9 cm³/mol. The Bertz CT molecular complexity index is 207. The van der Waals surface area contributed by atoms with Crippen molar-refractivity contribution < 1.29 is 14.3 Å². The van der Waals surface area contributed by atoms with Crippen molar-refractivity contribution in [1.82, 2.24) is 0 Å². The molecule has 0 aromatic carbocycles. The highest BCUT2D eigenvalue weighted by atomic mass is 16.7. The summed E-state index contributed by atoms with van der Waals surface area (Å²) in [6, 6.07) is 0. The lowest BCUT2D eigenvalue weighted by Crippen LogP contribution is -2.33. The van der Waals surface area contributed by atoms with E-state index in [1.165, 1.54) is 0 Å². The third kappa shape index (κ3) is 6.37. The van der Waals surface area contributed by atoms with Crippen molar-refractivity contribution in [2.24, 2.45) is 5.41 Å². The Morgan fingerprint density at radius 3 is 2.07 bits per heavy atom. The zero-order valence-electron chi connectivity index (χ0n) is 10.8. The molecule has 0 aliphatic heterocycles. The van der Waals surface area contributed by atoms with Gasteiger partial charge in [-0.25, -0.2) is 4.79 Å². The fourth-order valence-corrected chi connectivity index (χ4v) is 1.69. The van der Waals surface area contributed by atoms with E-state index in [1.54, 1.807) is 6.92 Å². The van der Waals surface area contributed by atoms with Crippen LogP contribution < -0.4 is 0 Å². The molecule has 0 fully saturated rings. The molecule has 0 atom stereocenters. The van der Waals surface area contributed by atoms with E-state index in [0.717, 1.165) is 12.8 Å². The summed E-state index contributed by atoms with van der Waals surface area (Å²) in [6.45, 7) is 12.4. The van der Waals surface area contributed by atoms with Crippen LogP contribution in [0.25, 0.3) is 0 Å². The molecule has 0 amide bonds. The van der Waals surface area contributed by atoms with Crippen LogP contribution in [0.5, 0.6) is 0 Å². The molecule has 0 saturated heterocycles. The molecule has 0 bridgehead atoms. The summed E-state index contributed by atoms with van der Waals surface area (Å²) in [4.78, 5) is 11.2. The summed E-state index contributed by atoms with van der Waals surface area (Å²) in [5, 5.41) is 0. The summed E-state index contributed by atoms with van der Waals surface area (Å²) in [5.74, 6) is 0. The van der Waals surface area contributed by atoms with Crippen LogP contribution in [0.2, 0.25) is 0 Å². The van der Waals surface area contributed by atoms with Gasteiger partial charge in [-0.3, -0.25) is 0 Å². The quantitative estimate of drug-likeness (QED) is 0.656. The second-order valence-electron chi connectivity index (χ2n) is 5.24. The van der Waals surface area contributed by atoms with Crippen LogP contribution in [0.4, 0.5) is 4.79 Å². The normalized spacial score (nSPS) is 12.4. The fraction of sp³-hybridized carbons (Fsp3) is 0.917. The molecular weight excluding hydrogens is 192 g/mol. The number of carbonyl (C=O) groups is 1. The van der Waals surface area contributed by atoms with Gasteiger partial charge in [0.2, 0.25) is 0 Å². The summed E-state index contributed by atoms with van der Waals surface area (Å²) >= 11 is 0. The zero-order chi connectivity index (χ0) is 12.1. The van der Waals surface area contributed by atoms with Crippen molar-refractivity contribution >= 4 is 6.16 Å². The predicted octanol–water partition coefficient (Wildman–Crippen LogP) is 3.76. The van der Waals surface area contributed by atoms with Gasteiger partial charge >= 0.3 is 6.16 Å². The Kier molecular flexibility index (Phi) is 5.12. The van der Waals surface area contributed by atoms with E-state index in [-0.39, 0.29) is 5.41 Å². The number of hydrogen-bond acceptors (Lipinski definition) is 3. The summed E-state index contributed by atoms with van der Waals surface area (Å²) in [7, 11) is 0. The molecule has 0 spiro atoms. The van der Waals surface area contributed by atoms with Crippen LogP contribution in [0.3, 0.4) is 0 Å². The first kappa shape index (κ1) is 14.3. The average Bonchev–Trinajstić information content (AvgIpc) is 2.01. The Balaban J connectivity index is 4.24. The molecule has 0 unspecified atom stereocenters. The van der Waals surface area contributed by atoms with E-state index >= 15 is 0 Å². The van der Waals surface area contributed by atoms with Crippen molar-refractivity contribution in [2.75, 3.05) is 6.61 Å². The second-order valence-corrected chi connectivity index (χ2v) is 5.24. The van der Waals surface area contributed by atoms with Crippen molar-refractivity contribution in [1.29, 1.82) is 0 Å². The van der Waals surface area contributed by atoms with Gasteiger partial charge in [0.1, 0.15) is 5.60 Å². The van der Waals surface area contributed by atoms with Crippen LogP contribution in [-0.4, -0.2) is 18.4 Å². The van der Waals surface area contributed by atoms with E-state index in [2.05, 4.69) is 20.8 Å². The van der Waals surface area contributed by atoms with Gasteiger partial charge in [0.25, 0.3) is 0 Å². The first-order valence-electron chi connectivity index (χ1n) is 5.58. The van der Waals surface area contributed by atoms with E-state index in [1.807, 2.05) is 13.8 Å². The first-order valence-corrected chi connectivity index (χ1v) is 5.58. The third-order valence-electron chi connectivity index (χ3n) is 2.48. The molecule has 3 nitrogen and oxygen atoms in total. The van der Waals surface area contributed by atoms with E-state index in [9.17, 15) is 4.79 Å². The van der Waals surface area contributed by atoms with Crippen LogP contribution >= 0.6 is 0 Å². The standard InChI is InChI=1S/C12H24O3/c1-7-11(3,4)9-12(5,6)15-10(13)14-8-2/h7-9H2,1-6H3. The highest BCUT2D eigenvalue weighted by Gasteiger charge is 2.31. The smallest absolute Gasteiger partial charge is 0.435 e. The number of ether oxygens (including phenoxy) is 2. The largest absolute Gasteiger partial charge is 0.508 e. The third-order valence-corrected chi connectivity index (χ3v) is 2.48. The first-order chi connectivity index (χ1) is 6.72. The van der Waals surface area contributed by atoms with Gasteiger partial charge in [0, 0.05) is 0 Å². The van der Waals surface area contributed by atoms with Crippen LogP contribution in [0.15, 0.2) is 0 Å². The molecule has 0 N–H and O–H groups in total.